The summed E-state index contributed by atoms with van der Waals surface area (Å²) < 4.78 is 26.6. The van der Waals surface area contributed by atoms with Crippen LogP contribution in [0.1, 0.15) is 60.7 Å². The Morgan fingerprint density at radius 1 is 0.556 bits per heavy atom. The number of carbonyl (C=O) groups is 2. The first-order chi connectivity index (χ1) is 34.7. The highest BCUT2D eigenvalue weighted by molar-refractivity contribution is 9.11. The molecule has 0 bridgehead atoms. The molecule has 0 amide bonds. The molecule has 13 heteroatoms. The number of ketones is 2. The SMILES string of the molecule is Brc1cccc(C2COc3ccccc3O2)c1.Cc1ccccc1O.Cc1ccccc1OCC(=O)c1cccc(Br)c1.Cc1ccccc1OCC(O)c1cccc(Br)c1.O=C(CBr)c1cccc(Br)c1. The zero-order valence-electron chi connectivity index (χ0n) is 39.7. The third-order valence-electron chi connectivity index (χ3n) is 10.4. The van der Waals surface area contributed by atoms with Crippen molar-refractivity contribution in [3.05, 3.63) is 251 Å². The summed E-state index contributed by atoms with van der Waals surface area (Å²) in [6, 6.07) is 60.8. The number of phenolic OH excluding ortho intramolecular Hbond substituents is 1. The molecule has 8 aromatic carbocycles. The van der Waals surface area contributed by atoms with Gasteiger partial charge in [0.25, 0.3) is 0 Å². The Morgan fingerprint density at radius 2 is 1.04 bits per heavy atom. The lowest BCUT2D eigenvalue weighted by Gasteiger charge is -2.26. The number of para-hydroxylation sites is 5. The smallest absolute Gasteiger partial charge is 0.200 e. The monoisotopic (exact) mass is 1280 g/mol. The number of halogens is 5. The number of aromatic hydroxyl groups is 1. The first-order valence-electron chi connectivity index (χ1n) is 22.5. The topological polar surface area (TPSA) is 112 Å². The number of alkyl halides is 1. The van der Waals surface area contributed by atoms with Crippen LogP contribution in [0, 0.1) is 20.8 Å². The summed E-state index contributed by atoms with van der Waals surface area (Å²) >= 11 is 16.6. The van der Waals surface area contributed by atoms with Gasteiger partial charge in [-0.25, -0.2) is 0 Å². The van der Waals surface area contributed by atoms with Gasteiger partial charge in [0.1, 0.15) is 36.6 Å². The van der Waals surface area contributed by atoms with Gasteiger partial charge in [-0.3, -0.25) is 9.59 Å². The zero-order chi connectivity index (χ0) is 51.8. The van der Waals surface area contributed by atoms with Crippen molar-refractivity contribution in [3.63, 3.8) is 0 Å². The van der Waals surface area contributed by atoms with Gasteiger partial charge in [-0.15, -0.1) is 0 Å². The molecule has 8 nitrogen and oxygen atoms in total. The van der Waals surface area contributed by atoms with Crippen LogP contribution < -0.4 is 18.9 Å². The maximum atomic E-state index is 11.9. The van der Waals surface area contributed by atoms with Crippen LogP contribution in [-0.2, 0) is 0 Å². The van der Waals surface area contributed by atoms with Gasteiger partial charge < -0.3 is 29.2 Å². The maximum absolute atomic E-state index is 11.9. The molecule has 0 saturated carbocycles. The van der Waals surface area contributed by atoms with Crippen molar-refractivity contribution in [2.24, 2.45) is 0 Å². The summed E-state index contributed by atoms with van der Waals surface area (Å²) in [6.07, 6.45) is -0.662. The van der Waals surface area contributed by atoms with Crippen molar-refractivity contribution >= 4 is 91.2 Å². The fourth-order valence-corrected chi connectivity index (χ4v) is 8.45. The number of ether oxygens (including phenoxy) is 4. The first kappa shape index (κ1) is 57.4. The summed E-state index contributed by atoms with van der Waals surface area (Å²) in [4.78, 5) is 23.0. The van der Waals surface area contributed by atoms with Crippen molar-refractivity contribution in [1.29, 1.82) is 0 Å². The standard InChI is InChI=1S/C15H15BrO2.C15H13BrO2.C14H11BrO2.C8H6Br2O.C7H8O/c2*1-11-5-2-3-8-15(11)18-10-14(17)12-6-4-7-13(16)9-12;15-11-5-3-4-10(8-11)14-9-16-12-6-1-2-7-13(12)17-14;9-5-8(11)6-2-1-3-7(10)4-6;1-6-4-2-3-5-7(6)8/h2-9,14,17H,10H2,1H3;2-9H,10H2,1H3;1-8,14H,9H2;1-4H,5H2;2-5,8H,1H3. The quantitative estimate of drug-likeness (QED) is 0.0973. The minimum absolute atomic E-state index is 0.0282. The Hall–Kier alpha value is -5.54. The third-order valence-corrected chi connectivity index (χ3v) is 12.9. The number of phenols is 1. The van der Waals surface area contributed by atoms with Crippen LogP contribution in [0.3, 0.4) is 0 Å². The predicted octanol–water partition coefficient (Wildman–Crippen LogP) is 16.6. The van der Waals surface area contributed by atoms with E-state index in [0.717, 1.165) is 74.3 Å². The first-order valence-corrected chi connectivity index (χ1v) is 26.8. The molecule has 2 atom stereocenters. The average Bonchev–Trinajstić information content (AvgIpc) is 3.39. The Labute approximate surface area is 464 Å². The fraction of sp³-hybridized carbons (Fsp3) is 0.153. The number of aliphatic hydroxyl groups excluding tert-OH is 1. The van der Waals surface area contributed by atoms with Gasteiger partial charge in [-0.1, -0.05) is 195 Å². The van der Waals surface area contributed by atoms with Crippen LogP contribution >= 0.6 is 79.6 Å². The van der Waals surface area contributed by atoms with Crippen molar-refractivity contribution < 1.29 is 38.7 Å². The predicted molar refractivity (Wildman–Crippen MR) is 305 cm³/mol. The van der Waals surface area contributed by atoms with Gasteiger partial charge >= 0.3 is 0 Å². The average molecular weight is 1290 g/mol. The van der Waals surface area contributed by atoms with Crippen LogP contribution in [0.15, 0.2) is 212 Å². The number of hydrogen-bond acceptors (Lipinski definition) is 8. The lowest BCUT2D eigenvalue weighted by molar-refractivity contribution is 0.0912. The molecule has 8 aromatic rings. The van der Waals surface area contributed by atoms with Crippen molar-refractivity contribution in [2.75, 3.05) is 25.2 Å². The number of Topliss-reactive ketones (excluding diaryl/α,β-unsaturated/α-hetero) is 2. The fourth-order valence-electron chi connectivity index (χ4n) is 6.50. The summed E-state index contributed by atoms with van der Waals surface area (Å²) in [7, 11) is 0. The second-order valence-corrected chi connectivity index (χ2v) is 20.1. The minimum atomic E-state index is -0.623. The van der Waals surface area contributed by atoms with Gasteiger partial charge in [0.2, 0.25) is 0 Å². The summed E-state index contributed by atoms with van der Waals surface area (Å²) in [6.45, 7) is 6.67. The van der Waals surface area contributed by atoms with E-state index in [-0.39, 0.29) is 30.9 Å². The lowest BCUT2D eigenvalue weighted by atomic mass is 10.1. The van der Waals surface area contributed by atoms with E-state index < -0.39 is 6.10 Å². The van der Waals surface area contributed by atoms with E-state index in [4.69, 9.17) is 24.1 Å². The van der Waals surface area contributed by atoms with Gasteiger partial charge in [0, 0.05) is 29.0 Å². The molecule has 0 radical (unpaired) electrons. The normalized spacial score (nSPS) is 12.3. The Balaban J connectivity index is 0.000000172. The maximum Gasteiger partial charge on any atom is 0.200 e. The Kier molecular flexibility index (Phi) is 24.3. The minimum Gasteiger partial charge on any atom is -0.508 e. The molecule has 1 aliphatic heterocycles. The van der Waals surface area contributed by atoms with E-state index in [1.165, 1.54) is 0 Å². The Bertz CT molecular complexity index is 2960. The second kappa shape index (κ2) is 30.5. The van der Waals surface area contributed by atoms with E-state index in [2.05, 4.69) is 85.7 Å². The molecule has 0 aliphatic carbocycles. The molecule has 0 aromatic heterocycles. The molecule has 1 heterocycles. The molecule has 2 N–H and O–H groups in total. The van der Waals surface area contributed by atoms with E-state index in [0.29, 0.717) is 23.2 Å². The van der Waals surface area contributed by atoms with E-state index in [1.54, 1.807) is 24.3 Å². The molecule has 9 rings (SSSR count). The van der Waals surface area contributed by atoms with Crippen molar-refractivity contribution in [1.82, 2.24) is 0 Å². The number of fused-ring (bicyclic) bond motifs is 1. The lowest BCUT2D eigenvalue weighted by Crippen LogP contribution is -2.21. The van der Waals surface area contributed by atoms with E-state index in [9.17, 15) is 14.7 Å². The van der Waals surface area contributed by atoms with Crippen LogP contribution in [0.25, 0.3) is 0 Å². The number of carbonyl (C=O) groups excluding carboxylic acids is 2. The van der Waals surface area contributed by atoms with Gasteiger partial charge in [0.05, 0.1) is 5.33 Å². The van der Waals surface area contributed by atoms with E-state index >= 15 is 0 Å². The highest BCUT2D eigenvalue weighted by atomic mass is 79.9. The number of aliphatic hydroxyl groups is 1. The number of rotatable bonds is 11. The molecular weight excluding hydrogens is 1240 g/mol. The molecule has 0 spiro atoms. The molecule has 1 aliphatic rings. The summed E-state index contributed by atoms with van der Waals surface area (Å²) in [5.41, 5.74) is 6.37. The molecule has 0 fully saturated rings. The van der Waals surface area contributed by atoms with Crippen molar-refractivity contribution in [3.8, 4) is 28.7 Å². The highest BCUT2D eigenvalue weighted by Crippen LogP contribution is 2.36. The molecule has 2 unspecified atom stereocenters. The van der Waals surface area contributed by atoms with Crippen LogP contribution in [0.2, 0.25) is 0 Å². The number of benzene rings is 8. The van der Waals surface area contributed by atoms with Gasteiger partial charge in [-0.05, 0) is 127 Å². The van der Waals surface area contributed by atoms with Gasteiger partial charge in [-0.2, -0.15) is 0 Å². The second-order valence-electron chi connectivity index (χ2n) is 15.9. The van der Waals surface area contributed by atoms with E-state index in [1.807, 2.05) is 185 Å². The van der Waals surface area contributed by atoms with Crippen molar-refractivity contribution in [2.45, 2.75) is 33.0 Å². The summed E-state index contributed by atoms with van der Waals surface area (Å²) in [5, 5.41) is 19.3. The summed E-state index contributed by atoms with van der Waals surface area (Å²) in [5.74, 6) is 3.63. The van der Waals surface area contributed by atoms with Crippen LogP contribution in [-0.4, -0.2) is 46.9 Å². The number of hydrogen-bond donors (Lipinski definition) is 2. The third kappa shape index (κ3) is 19.5. The Morgan fingerprint density at radius 3 is 1.57 bits per heavy atom. The molecule has 372 valence electrons. The zero-order valence-corrected chi connectivity index (χ0v) is 47.6. The van der Waals surface area contributed by atoms with Crippen LogP contribution in [0.4, 0.5) is 0 Å². The highest BCUT2D eigenvalue weighted by Gasteiger charge is 2.22. The molecule has 0 saturated heterocycles. The number of aryl methyl sites for hydroxylation is 3. The van der Waals surface area contributed by atoms with Gasteiger partial charge in [0.15, 0.2) is 35.8 Å². The molecular formula is C59H53Br5O8. The molecule has 72 heavy (non-hydrogen) atoms. The largest absolute Gasteiger partial charge is 0.508 e. The van der Waals surface area contributed by atoms with Crippen LogP contribution in [0.5, 0.6) is 28.7 Å².